The summed E-state index contributed by atoms with van der Waals surface area (Å²) in [5, 5.41) is 10.7. The fraction of sp³-hybridized carbons (Fsp3) is 0.333. The molecule has 0 bridgehead atoms. The fourth-order valence-electron chi connectivity index (χ4n) is 2.29. The third-order valence-corrected chi connectivity index (χ3v) is 3.49. The maximum absolute atomic E-state index is 10.7. The van der Waals surface area contributed by atoms with Crippen molar-refractivity contribution in [1.29, 1.82) is 0 Å². The van der Waals surface area contributed by atoms with Gasteiger partial charge < -0.3 is 14.6 Å². The number of methoxy groups -OCH3 is 1. The summed E-state index contributed by atoms with van der Waals surface area (Å²) in [5.41, 5.74) is 3.90. The Kier molecular flexibility index (Phi) is 5.37. The Balaban J connectivity index is 2.30. The SMILES string of the molecule is COCCOc1ccccc1C(O)c1cc(C)ccc1C. The average Bonchev–Trinajstić information content (AvgIpc) is 2.50. The summed E-state index contributed by atoms with van der Waals surface area (Å²) in [5.74, 6) is 0.697. The van der Waals surface area contributed by atoms with E-state index in [0.717, 1.165) is 22.3 Å². The molecule has 0 spiro atoms. The molecule has 1 N–H and O–H groups in total. The van der Waals surface area contributed by atoms with Gasteiger partial charge in [-0.05, 0) is 31.0 Å². The first-order chi connectivity index (χ1) is 10.1. The van der Waals surface area contributed by atoms with Crippen molar-refractivity contribution in [2.24, 2.45) is 0 Å². The van der Waals surface area contributed by atoms with Crippen LogP contribution < -0.4 is 4.74 Å². The largest absolute Gasteiger partial charge is 0.491 e. The molecule has 0 saturated heterocycles. The molecule has 2 aromatic carbocycles. The summed E-state index contributed by atoms with van der Waals surface area (Å²) in [6.07, 6.45) is -0.691. The van der Waals surface area contributed by atoms with Gasteiger partial charge in [-0.2, -0.15) is 0 Å². The summed E-state index contributed by atoms with van der Waals surface area (Å²) < 4.78 is 10.7. The average molecular weight is 286 g/mol. The summed E-state index contributed by atoms with van der Waals surface area (Å²) >= 11 is 0. The van der Waals surface area contributed by atoms with Crippen molar-refractivity contribution in [3.8, 4) is 5.75 Å². The highest BCUT2D eigenvalue weighted by Gasteiger charge is 2.17. The Bertz CT molecular complexity index is 593. The van der Waals surface area contributed by atoms with Crippen LogP contribution in [-0.4, -0.2) is 25.4 Å². The highest BCUT2D eigenvalue weighted by Crippen LogP contribution is 2.31. The van der Waals surface area contributed by atoms with Crippen LogP contribution in [0.25, 0.3) is 0 Å². The van der Waals surface area contributed by atoms with Gasteiger partial charge in [-0.25, -0.2) is 0 Å². The van der Waals surface area contributed by atoms with Crippen molar-refractivity contribution in [2.75, 3.05) is 20.3 Å². The lowest BCUT2D eigenvalue weighted by molar-refractivity contribution is 0.142. The second-order valence-corrected chi connectivity index (χ2v) is 5.14. The summed E-state index contributed by atoms with van der Waals surface area (Å²) in [6.45, 7) is 5.02. The van der Waals surface area contributed by atoms with Gasteiger partial charge in [0.25, 0.3) is 0 Å². The van der Waals surface area contributed by atoms with Crippen LogP contribution >= 0.6 is 0 Å². The molecule has 112 valence electrons. The molecule has 1 unspecified atom stereocenters. The molecule has 21 heavy (non-hydrogen) atoms. The Hall–Kier alpha value is -1.84. The molecule has 0 heterocycles. The molecule has 0 amide bonds. The van der Waals surface area contributed by atoms with Gasteiger partial charge in [-0.1, -0.05) is 42.0 Å². The molecule has 0 saturated carbocycles. The minimum atomic E-state index is -0.691. The second-order valence-electron chi connectivity index (χ2n) is 5.14. The van der Waals surface area contributed by atoms with E-state index >= 15 is 0 Å². The standard InChI is InChI=1S/C18H22O3/c1-13-8-9-14(2)16(12-13)18(19)15-6-4-5-7-17(15)21-11-10-20-3/h4-9,12,18-19H,10-11H2,1-3H3. The zero-order valence-electron chi connectivity index (χ0n) is 12.8. The Morgan fingerprint density at radius 1 is 1.00 bits per heavy atom. The number of aliphatic hydroxyl groups excluding tert-OH is 1. The highest BCUT2D eigenvalue weighted by atomic mass is 16.5. The smallest absolute Gasteiger partial charge is 0.125 e. The van der Waals surface area contributed by atoms with E-state index in [0.29, 0.717) is 19.0 Å². The number of aryl methyl sites for hydroxylation is 2. The van der Waals surface area contributed by atoms with Crippen LogP contribution in [0.2, 0.25) is 0 Å². The number of para-hydroxylation sites is 1. The van der Waals surface area contributed by atoms with E-state index in [-0.39, 0.29) is 0 Å². The highest BCUT2D eigenvalue weighted by molar-refractivity contribution is 5.43. The van der Waals surface area contributed by atoms with Gasteiger partial charge in [-0.3, -0.25) is 0 Å². The number of hydrogen-bond acceptors (Lipinski definition) is 3. The molecule has 2 rings (SSSR count). The minimum Gasteiger partial charge on any atom is -0.491 e. The molecular weight excluding hydrogens is 264 g/mol. The van der Waals surface area contributed by atoms with Crippen molar-refractivity contribution in [3.05, 3.63) is 64.7 Å². The van der Waals surface area contributed by atoms with E-state index in [4.69, 9.17) is 9.47 Å². The molecule has 0 aliphatic carbocycles. The van der Waals surface area contributed by atoms with Gasteiger partial charge in [0, 0.05) is 12.7 Å². The number of ether oxygens (including phenoxy) is 2. The number of benzene rings is 2. The molecule has 0 aromatic heterocycles. The van der Waals surface area contributed by atoms with Crippen molar-refractivity contribution < 1.29 is 14.6 Å². The third kappa shape index (κ3) is 3.84. The Labute approximate surface area is 126 Å². The number of hydrogen-bond donors (Lipinski definition) is 1. The molecule has 0 radical (unpaired) electrons. The van der Waals surface area contributed by atoms with Gasteiger partial charge in [0.05, 0.1) is 6.61 Å². The molecule has 3 heteroatoms. The molecule has 2 aromatic rings. The zero-order chi connectivity index (χ0) is 15.2. The molecular formula is C18H22O3. The molecule has 0 aliphatic rings. The van der Waals surface area contributed by atoms with E-state index in [9.17, 15) is 5.11 Å². The first-order valence-corrected chi connectivity index (χ1v) is 7.09. The van der Waals surface area contributed by atoms with Crippen LogP contribution in [0.1, 0.15) is 28.4 Å². The lowest BCUT2D eigenvalue weighted by Gasteiger charge is -2.18. The third-order valence-electron chi connectivity index (χ3n) is 3.49. The van der Waals surface area contributed by atoms with Gasteiger partial charge in [-0.15, -0.1) is 0 Å². The van der Waals surface area contributed by atoms with Crippen molar-refractivity contribution in [2.45, 2.75) is 20.0 Å². The quantitative estimate of drug-likeness (QED) is 0.827. The van der Waals surface area contributed by atoms with Gasteiger partial charge in [0.2, 0.25) is 0 Å². The van der Waals surface area contributed by atoms with Gasteiger partial charge in [0.15, 0.2) is 0 Å². The van der Waals surface area contributed by atoms with E-state index in [1.165, 1.54) is 0 Å². The summed E-state index contributed by atoms with van der Waals surface area (Å²) in [4.78, 5) is 0. The number of rotatable bonds is 6. The van der Waals surface area contributed by atoms with E-state index in [1.807, 2.05) is 56.3 Å². The van der Waals surface area contributed by atoms with Crippen LogP contribution in [-0.2, 0) is 4.74 Å². The molecule has 1 atom stereocenters. The molecule has 0 aliphatic heterocycles. The van der Waals surface area contributed by atoms with Crippen LogP contribution in [0.4, 0.5) is 0 Å². The monoisotopic (exact) mass is 286 g/mol. The van der Waals surface area contributed by atoms with Crippen LogP contribution in [0.15, 0.2) is 42.5 Å². The van der Waals surface area contributed by atoms with E-state index in [2.05, 4.69) is 0 Å². The zero-order valence-corrected chi connectivity index (χ0v) is 12.8. The van der Waals surface area contributed by atoms with Gasteiger partial charge in [0.1, 0.15) is 18.5 Å². The van der Waals surface area contributed by atoms with E-state index < -0.39 is 6.10 Å². The van der Waals surface area contributed by atoms with Crippen molar-refractivity contribution in [1.82, 2.24) is 0 Å². The maximum atomic E-state index is 10.7. The number of aliphatic hydroxyl groups is 1. The fourth-order valence-corrected chi connectivity index (χ4v) is 2.29. The Morgan fingerprint density at radius 2 is 1.76 bits per heavy atom. The first-order valence-electron chi connectivity index (χ1n) is 7.09. The lowest BCUT2D eigenvalue weighted by atomic mass is 9.95. The second kappa shape index (κ2) is 7.25. The topological polar surface area (TPSA) is 38.7 Å². The normalized spacial score (nSPS) is 12.2. The Morgan fingerprint density at radius 3 is 2.52 bits per heavy atom. The maximum Gasteiger partial charge on any atom is 0.125 e. The van der Waals surface area contributed by atoms with Crippen LogP contribution in [0.5, 0.6) is 5.75 Å². The predicted molar refractivity (Wildman–Crippen MR) is 83.8 cm³/mol. The molecule has 0 fully saturated rings. The minimum absolute atomic E-state index is 0.465. The van der Waals surface area contributed by atoms with Crippen LogP contribution in [0, 0.1) is 13.8 Å². The van der Waals surface area contributed by atoms with Crippen molar-refractivity contribution >= 4 is 0 Å². The van der Waals surface area contributed by atoms with Crippen LogP contribution in [0.3, 0.4) is 0 Å². The lowest BCUT2D eigenvalue weighted by Crippen LogP contribution is -2.09. The predicted octanol–water partition coefficient (Wildman–Crippen LogP) is 3.41. The molecule has 3 nitrogen and oxygen atoms in total. The first kappa shape index (κ1) is 15.5. The summed E-state index contributed by atoms with van der Waals surface area (Å²) in [6, 6.07) is 13.7. The van der Waals surface area contributed by atoms with E-state index in [1.54, 1.807) is 7.11 Å². The van der Waals surface area contributed by atoms with Gasteiger partial charge >= 0.3 is 0 Å². The van der Waals surface area contributed by atoms with Crippen molar-refractivity contribution in [3.63, 3.8) is 0 Å². The summed E-state index contributed by atoms with van der Waals surface area (Å²) in [7, 11) is 1.64.